The number of fused-ring (bicyclic) bond motifs is 3. The summed E-state index contributed by atoms with van der Waals surface area (Å²) in [5.41, 5.74) is -0.356. The molecule has 0 aromatic heterocycles. The van der Waals surface area contributed by atoms with Crippen LogP contribution in [-0.4, -0.2) is 47.5 Å². The van der Waals surface area contributed by atoms with Gasteiger partial charge >= 0.3 is 12.1 Å². The van der Waals surface area contributed by atoms with Crippen LogP contribution in [0, 0.1) is 0 Å². The van der Waals surface area contributed by atoms with Gasteiger partial charge in [-0.05, 0) is 44.0 Å². The predicted octanol–water partition coefficient (Wildman–Crippen LogP) is 4.09. The third-order valence-corrected chi connectivity index (χ3v) is 5.77. The number of aliphatic carboxylic acids is 1. The first-order valence-corrected chi connectivity index (χ1v) is 10.3. The molecule has 4 rings (SSSR count). The van der Waals surface area contributed by atoms with E-state index in [0.717, 1.165) is 11.1 Å². The van der Waals surface area contributed by atoms with Crippen molar-refractivity contribution in [1.82, 2.24) is 4.90 Å². The molecule has 1 heterocycles. The van der Waals surface area contributed by atoms with E-state index in [0.29, 0.717) is 17.1 Å². The summed E-state index contributed by atoms with van der Waals surface area (Å²) in [7, 11) is 3.03. The van der Waals surface area contributed by atoms with E-state index in [2.05, 4.69) is 0 Å². The Morgan fingerprint density at radius 1 is 1.09 bits per heavy atom. The van der Waals surface area contributed by atoms with Gasteiger partial charge in [-0.25, -0.2) is 9.59 Å². The number of carbonyl (C=O) groups is 2. The number of carboxylic acids is 1. The summed E-state index contributed by atoms with van der Waals surface area (Å²) in [4.78, 5) is 27.4. The number of carboxylic acid groups (broad SMARTS) is 1. The average molecular weight is 441 g/mol. The van der Waals surface area contributed by atoms with Gasteiger partial charge in [-0.1, -0.05) is 24.3 Å². The van der Waals surface area contributed by atoms with Crippen LogP contribution in [0.5, 0.6) is 11.5 Å². The summed E-state index contributed by atoms with van der Waals surface area (Å²) in [6, 6.07) is 11.6. The number of ether oxygens (including phenoxy) is 4. The first-order valence-electron chi connectivity index (χ1n) is 10.3. The van der Waals surface area contributed by atoms with Crippen LogP contribution in [0.4, 0.5) is 4.79 Å². The summed E-state index contributed by atoms with van der Waals surface area (Å²) >= 11 is 0. The zero-order valence-corrected chi connectivity index (χ0v) is 18.7. The predicted molar refractivity (Wildman–Crippen MR) is 115 cm³/mol. The van der Waals surface area contributed by atoms with E-state index >= 15 is 0 Å². The highest BCUT2D eigenvalue weighted by Gasteiger charge is 2.65. The normalized spacial score (nSPS) is 24.0. The second-order valence-corrected chi connectivity index (χ2v) is 8.94. The number of amides is 1. The third-order valence-electron chi connectivity index (χ3n) is 5.77. The molecule has 2 aromatic rings. The SMILES string of the molecule is COc1ccc(C2O[C@]3(C(=O)O)Cc4ccccc4[C@@H]3N2C(=O)OC(C)(C)C)c(OC)c1. The Balaban J connectivity index is 1.89. The van der Waals surface area contributed by atoms with Gasteiger partial charge in [0.15, 0.2) is 11.8 Å². The van der Waals surface area contributed by atoms with E-state index < -0.39 is 35.5 Å². The molecule has 2 aromatic carbocycles. The minimum atomic E-state index is -1.64. The van der Waals surface area contributed by atoms with E-state index in [1.165, 1.54) is 19.1 Å². The smallest absolute Gasteiger partial charge is 0.413 e. The molecule has 2 aliphatic rings. The molecule has 0 spiro atoms. The van der Waals surface area contributed by atoms with Crippen molar-refractivity contribution >= 4 is 12.1 Å². The van der Waals surface area contributed by atoms with Gasteiger partial charge in [0, 0.05) is 18.1 Å². The highest BCUT2D eigenvalue weighted by atomic mass is 16.6. The van der Waals surface area contributed by atoms with Crippen molar-refractivity contribution in [2.45, 2.75) is 50.7 Å². The van der Waals surface area contributed by atoms with Gasteiger partial charge in [-0.15, -0.1) is 0 Å². The van der Waals surface area contributed by atoms with Gasteiger partial charge in [0.2, 0.25) is 0 Å². The third kappa shape index (κ3) is 3.44. The molecule has 0 bridgehead atoms. The number of hydrogen-bond donors (Lipinski definition) is 1. The molecule has 1 aliphatic heterocycles. The Morgan fingerprint density at radius 3 is 2.44 bits per heavy atom. The van der Waals surface area contributed by atoms with Crippen LogP contribution >= 0.6 is 0 Å². The van der Waals surface area contributed by atoms with Crippen molar-refractivity contribution in [2.75, 3.05) is 14.2 Å². The zero-order chi connectivity index (χ0) is 23.3. The summed E-state index contributed by atoms with van der Waals surface area (Å²) in [6.07, 6.45) is -1.55. The molecule has 1 aliphatic carbocycles. The molecule has 0 saturated carbocycles. The molecule has 8 nitrogen and oxygen atoms in total. The van der Waals surface area contributed by atoms with E-state index in [-0.39, 0.29) is 6.42 Å². The van der Waals surface area contributed by atoms with Crippen LogP contribution in [-0.2, 0) is 20.7 Å². The van der Waals surface area contributed by atoms with Crippen molar-refractivity contribution in [3.05, 3.63) is 59.2 Å². The summed E-state index contributed by atoms with van der Waals surface area (Å²) in [5.74, 6) is -0.162. The van der Waals surface area contributed by atoms with Crippen LogP contribution in [0.25, 0.3) is 0 Å². The lowest BCUT2D eigenvalue weighted by Crippen LogP contribution is -2.45. The molecule has 8 heteroatoms. The summed E-state index contributed by atoms with van der Waals surface area (Å²) in [6.45, 7) is 5.29. The summed E-state index contributed by atoms with van der Waals surface area (Å²) in [5, 5.41) is 10.3. The van der Waals surface area contributed by atoms with Crippen LogP contribution in [0.15, 0.2) is 42.5 Å². The first kappa shape index (κ1) is 22.0. The summed E-state index contributed by atoms with van der Waals surface area (Å²) < 4.78 is 22.8. The van der Waals surface area contributed by atoms with Crippen LogP contribution < -0.4 is 9.47 Å². The highest BCUT2D eigenvalue weighted by molar-refractivity contribution is 5.84. The van der Waals surface area contributed by atoms with Gasteiger partial charge in [0.25, 0.3) is 0 Å². The van der Waals surface area contributed by atoms with E-state index in [9.17, 15) is 14.7 Å². The second-order valence-electron chi connectivity index (χ2n) is 8.94. The molecule has 1 N–H and O–H groups in total. The monoisotopic (exact) mass is 441 g/mol. The van der Waals surface area contributed by atoms with Crippen molar-refractivity contribution in [1.29, 1.82) is 0 Å². The fourth-order valence-electron chi connectivity index (χ4n) is 4.46. The maximum atomic E-state index is 13.4. The zero-order valence-electron chi connectivity index (χ0n) is 18.7. The maximum absolute atomic E-state index is 13.4. The molecular weight excluding hydrogens is 414 g/mol. The Morgan fingerprint density at radius 2 is 1.81 bits per heavy atom. The number of hydrogen-bond acceptors (Lipinski definition) is 6. The van der Waals surface area contributed by atoms with E-state index in [1.807, 2.05) is 24.3 Å². The molecule has 3 atom stereocenters. The van der Waals surface area contributed by atoms with Crippen molar-refractivity contribution in [3.8, 4) is 11.5 Å². The Kier molecular flexibility index (Phi) is 5.29. The lowest BCUT2D eigenvalue weighted by Gasteiger charge is -2.32. The van der Waals surface area contributed by atoms with Gasteiger partial charge in [-0.3, -0.25) is 4.90 Å². The lowest BCUT2D eigenvalue weighted by atomic mass is 9.95. The highest BCUT2D eigenvalue weighted by Crippen LogP contribution is 2.57. The van der Waals surface area contributed by atoms with Crippen LogP contribution in [0.2, 0.25) is 0 Å². The molecule has 1 fully saturated rings. The first-order chi connectivity index (χ1) is 15.1. The number of nitrogens with zero attached hydrogens (tertiary/aromatic N) is 1. The molecule has 1 amide bonds. The Labute approximate surface area is 186 Å². The molecule has 1 unspecified atom stereocenters. The standard InChI is InChI=1S/C24H27NO7/c1-23(2,3)32-22(28)25-19-16-9-7-6-8-14(16)13-24(19,21(26)27)31-20(25)17-11-10-15(29-4)12-18(17)30-5/h6-12,19-20H,13H2,1-5H3,(H,26,27)/t19-,20?,24+/m0/s1. The fraction of sp³-hybridized carbons (Fsp3) is 0.417. The van der Waals surface area contributed by atoms with E-state index in [4.69, 9.17) is 18.9 Å². The maximum Gasteiger partial charge on any atom is 0.413 e. The molecular formula is C24H27NO7. The largest absolute Gasteiger partial charge is 0.497 e. The van der Waals surface area contributed by atoms with E-state index in [1.54, 1.807) is 39.0 Å². The second kappa shape index (κ2) is 7.70. The van der Waals surface area contributed by atoms with Crippen molar-refractivity contribution in [2.24, 2.45) is 0 Å². The Bertz CT molecular complexity index is 1060. The minimum absolute atomic E-state index is 0.136. The number of benzene rings is 2. The molecule has 0 radical (unpaired) electrons. The lowest BCUT2D eigenvalue weighted by molar-refractivity contribution is -0.165. The van der Waals surface area contributed by atoms with Gasteiger partial charge in [-0.2, -0.15) is 0 Å². The number of carbonyl (C=O) groups excluding carboxylic acids is 1. The molecule has 170 valence electrons. The number of rotatable bonds is 4. The molecule has 32 heavy (non-hydrogen) atoms. The van der Waals surface area contributed by atoms with Gasteiger partial charge < -0.3 is 24.1 Å². The fourth-order valence-corrected chi connectivity index (χ4v) is 4.46. The average Bonchev–Trinajstić information content (AvgIpc) is 3.24. The van der Waals surface area contributed by atoms with Crippen molar-refractivity contribution < 1.29 is 33.6 Å². The quantitative estimate of drug-likeness (QED) is 0.764. The topological polar surface area (TPSA) is 94.5 Å². The van der Waals surface area contributed by atoms with Gasteiger partial charge in [0.05, 0.1) is 14.2 Å². The van der Waals surface area contributed by atoms with Crippen LogP contribution in [0.1, 0.15) is 49.7 Å². The number of methoxy groups -OCH3 is 2. The Hall–Kier alpha value is -3.26. The minimum Gasteiger partial charge on any atom is -0.497 e. The van der Waals surface area contributed by atoms with Gasteiger partial charge in [0.1, 0.15) is 23.1 Å². The molecule has 1 saturated heterocycles. The van der Waals surface area contributed by atoms with Crippen LogP contribution in [0.3, 0.4) is 0 Å². The van der Waals surface area contributed by atoms with Crippen molar-refractivity contribution in [3.63, 3.8) is 0 Å².